The molecular formula is C15H21F3NO5S-. The van der Waals surface area contributed by atoms with Crippen LogP contribution in [0.2, 0.25) is 0 Å². The van der Waals surface area contributed by atoms with Crippen LogP contribution in [0.25, 0.3) is 0 Å². The summed E-state index contributed by atoms with van der Waals surface area (Å²) >= 11 is 0. The van der Waals surface area contributed by atoms with Crippen molar-refractivity contribution in [3.05, 3.63) is 17.4 Å². The Kier molecular flexibility index (Phi) is 5.85. The first-order chi connectivity index (χ1) is 11.4. The first-order valence-electron chi connectivity index (χ1n) is 8.04. The van der Waals surface area contributed by atoms with Crippen molar-refractivity contribution in [3.63, 3.8) is 0 Å². The molecule has 0 heterocycles. The van der Waals surface area contributed by atoms with Crippen LogP contribution in [0.4, 0.5) is 13.2 Å². The normalized spacial score (nSPS) is 29.2. The molecule has 2 bridgehead atoms. The van der Waals surface area contributed by atoms with Gasteiger partial charge in [0, 0.05) is 12.1 Å². The molecule has 4 atom stereocenters. The molecule has 0 radical (unpaired) electrons. The maximum atomic E-state index is 12.4. The number of rotatable bonds is 7. The molecule has 2 saturated carbocycles. The third-order valence-corrected chi connectivity index (χ3v) is 6.54. The minimum absolute atomic E-state index is 0.0350. The second kappa shape index (κ2) is 7.24. The van der Waals surface area contributed by atoms with Crippen LogP contribution in [0.15, 0.2) is 12.2 Å². The predicted molar refractivity (Wildman–Crippen MR) is 83.2 cm³/mol. The highest BCUT2D eigenvalue weighted by molar-refractivity contribution is 7.90. The van der Waals surface area contributed by atoms with E-state index in [4.69, 9.17) is 4.74 Å². The molecule has 4 unspecified atom stereocenters. The van der Waals surface area contributed by atoms with Gasteiger partial charge in [0.15, 0.2) is 0 Å². The number of alkyl halides is 3. The van der Waals surface area contributed by atoms with Crippen LogP contribution in [-0.2, 0) is 19.6 Å². The smallest absolute Gasteiger partial charge is 0.510 e. The highest BCUT2D eigenvalue weighted by Gasteiger charge is 2.49. The van der Waals surface area contributed by atoms with Crippen LogP contribution in [0, 0.1) is 28.9 Å². The van der Waals surface area contributed by atoms with Gasteiger partial charge < -0.3 is 9.94 Å². The van der Waals surface area contributed by atoms with Gasteiger partial charge in [0.1, 0.15) is 0 Å². The molecule has 0 aromatic rings. The summed E-state index contributed by atoms with van der Waals surface area (Å²) in [5.74, 6) is 0.00167. The van der Waals surface area contributed by atoms with E-state index in [-0.39, 0.29) is 36.7 Å². The first-order valence-corrected chi connectivity index (χ1v) is 9.48. The number of ether oxygens (including phenoxy) is 1. The Morgan fingerprint density at radius 3 is 2.56 bits per heavy atom. The number of fused-ring (bicyclic) bond motifs is 2. The summed E-state index contributed by atoms with van der Waals surface area (Å²) in [7, 11) is -5.83. The lowest BCUT2D eigenvalue weighted by Gasteiger charge is -2.31. The number of carbonyl (C=O) groups excluding carboxylic acids is 1. The summed E-state index contributed by atoms with van der Waals surface area (Å²) < 4.78 is 63.5. The Balaban J connectivity index is 1.89. The second-order valence-corrected chi connectivity index (χ2v) is 8.63. The van der Waals surface area contributed by atoms with Crippen molar-refractivity contribution in [3.8, 4) is 0 Å². The van der Waals surface area contributed by atoms with E-state index in [0.717, 1.165) is 12.8 Å². The van der Waals surface area contributed by atoms with E-state index in [1.807, 2.05) is 0 Å². The number of halogens is 3. The molecular weight excluding hydrogens is 363 g/mol. The van der Waals surface area contributed by atoms with Crippen LogP contribution < -0.4 is 0 Å². The van der Waals surface area contributed by atoms with Crippen molar-refractivity contribution in [1.29, 1.82) is 0 Å². The Morgan fingerprint density at radius 2 is 2.00 bits per heavy atom. The van der Waals surface area contributed by atoms with E-state index in [1.165, 1.54) is 6.92 Å². The summed E-state index contributed by atoms with van der Waals surface area (Å²) in [5.41, 5.74) is -5.29. The third kappa shape index (κ3) is 4.17. The average molecular weight is 384 g/mol. The molecule has 0 aliphatic heterocycles. The van der Waals surface area contributed by atoms with Crippen molar-refractivity contribution >= 4 is 16.0 Å². The molecule has 0 amide bonds. The minimum atomic E-state index is -5.83. The maximum absolute atomic E-state index is 12.4. The molecule has 0 N–H and O–H groups in total. The van der Waals surface area contributed by atoms with Gasteiger partial charge in [0.2, 0.25) is 0 Å². The van der Waals surface area contributed by atoms with E-state index in [0.29, 0.717) is 12.0 Å². The molecule has 25 heavy (non-hydrogen) atoms. The molecule has 0 aromatic carbocycles. The lowest BCUT2D eigenvalue weighted by atomic mass is 9.86. The van der Waals surface area contributed by atoms with Gasteiger partial charge in [-0.15, -0.1) is 0 Å². The van der Waals surface area contributed by atoms with Gasteiger partial charge in [0.25, 0.3) is 0 Å². The first kappa shape index (κ1) is 20.2. The van der Waals surface area contributed by atoms with Gasteiger partial charge in [-0.2, -0.15) is 13.2 Å². The fraction of sp³-hybridized carbons (Fsp3) is 0.800. The number of esters is 1. The zero-order valence-electron chi connectivity index (χ0n) is 13.8. The maximum Gasteiger partial charge on any atom is 0.510 e. The molecule has 2 aliphatic rings. The average Bonchev–Trinajstić information content (AvgIpc) is 3.05. The Morgan fingerprint density at radius 1 is 1.36 bits per heavy atom. The zero-order valence-corrected chi connectivity index (χ0v) is 14.6. The molecule has 0 spiro atoms. The highest BCUT2D eigenvalue weighted by atomic mass is 32.2. The van der Waals surface area contributed by atoms with E-state index >= 15 is 0 Å². The summed E-state index contributed by atoms with van der Waals surface area (Å²) in [6.45, 7) is 4.54. The molecule has 144 valence electrons. The Bertz CT molecular complexity index is 634. The van der Waals surface area contributed by atoms with Crippen LogP contribution in [0.1, 0.15) is 32.6 Å². The molecule has 10 heteroatoms. The van der Waals surface area contributed by atoms with Crippen LogP contribution in [-0.4, -0.2) is 37.5 Å². The lowest BCUT2D eigenvalue weighted by molar-refractivity contribution is -0.140. The number of sulfonamides is 1. The lowest BCUT2D eigenvalue weighted by Crippen LogP contribution is -2.38. The van der Waals surface area contributed by atoms with Gasteiger partial charge in [0.05, 0.1) is 6.61 Å². The molecule has 6 nitrogen and oxygen atoms in total. The molecule has 0 aromatic heterocycles. The van der Waals surface area contributed by atoms with Crippen molar-refractivity contribution < 1.29 is 31.1 Å². The highest BCUT2D eigenvalue weighted by Crippen LogP contribution is 2.54. The third-order valence-electron chi connectivity index (χ3n) is 5.24. The van der Waals surface area contributed by atoms with Crippen molar-refractivity contribution in [1.82, 2.24) is 4.47 Å². The topological polar surface area (TPSA) is 86.7 Å². The number of hydroxylamine groups is 1. The number of hydrogen-bond donors (Lipinski definition) is 0. The zero-order chi connectivity index (χ0) is 19.0. The summed E-state index contributed by atoms with van der Waals surface area (Å²) in [6.07, 6.45) is 2.57. The van der Waals surface area contributed by atoms with Crippen LogP contribution in [0.5, 0.6) is 0 Å². The second-order valence-electron chi connectivity index (χ2n) is 6.81. The monoisotopic (exact) mass is 384 g/mol. The van der Waals surface area contributed by atoms with Crippen LogP contribution >= 0.6 is 0 Å². The SMILES string of the molecule is C=C(C)C(=O)OCC1C2CCC1C(CCN([O-])S(=O)(=O)C(F)(F)F)C2. The fourth-order valence-electron chi connectivity index (χ4n) is 4.02. The quantitative estimate of drug-likeness (QED) is 0.383. The largest absolute Gasteiger partial charge is 0.772 e. The van der Waals surface area contributed by atoms with Crippen molar-refractivity contribution in [2.45, 2.75) is 38.1 Å². The van der Waals surface area contributed by atoms with Gasteiger partial charge >= 0.3 is 21.5 Å². The minimum Gasteiger partial charge on any atom is -0.772 e. The molecule has 2 aliphatic carbocycles. The molecule has 2 fully saturated rings. The van der Waals surface area contributed by atoms with Gasteiger partial charge in [-0.3, -0.25) is 4.47 Å². The Hall–Kier alpha value is -1.13. The Labute approximate surface area is 144 Å². The van der Waals surface area contributed by atoms with Crippen LogP contribution in [0.3, 0.4) is 0 Å². The van der Waals surface area contributed by atoms with Crippen molar-refractivity contribution in [2.24, 2.45) is 23.7 Å². The van der Waals surface area contributed by atoms with E-state index in [2.05, 4.69) is 6.58 Å². The van der Waals surface area contributed by atoms with Crippen molar-refractivity contribution in [2.75, 3.05) is 13.2 Å². The molecule has 0 saturated heterocycles. The van der Waals surface area contributed by atoms with E-state index < -0.39 is 32.5 Å². The van der Waals surface area contributed by atoms with E-state index in [1.54, 1.807) is 0 Å². The summed E-state index contributed by atoms with van der Waals surface area (Å²) in [4.78, 5) is 11.5. The summed E-state index contributed by atoms with van der Waals surface area (Å²) in [6, 6.07) is 0. The summed E-state index contributed by atoms with van der Waals surface area (Å²) in [5, 5.41) is 11.4. The molecule has 2 rings (SSSR count). The number of carbonyl (C=O) groups is 1. The predicted octanol–water partition coefficient (Wildman–Crippen LogP) is 2.81. The standard InChI is InChI=1S/C15H21F3NO5S/c1-9(2)14(20)24-8-13-10-3-4-12(13)11(7-10)5-6-19(21)25(22,23)15(16,17)18/h10-13H,1,3-8H2,2H3/q-1. The van der Waals surface area contributed by atoms with Gasteiger partial charge in [-0.1, -0.05) is 6.58 Å². The fourth-order valence-corrected chi connectivity index (χ4v) is 4.60. The number of hydrogen-bond acceptors (Lipinski definition) is 5. The van der Waals surface area contributed by atoms with Gasteiger partial charge in [-0.05, 0) is 56.3 Å². The van der Waals surface area contributed by atoms with Gasteiger partial charge in [-0.25, -0.2) is 13.2 Å². The number of nitrogens with zero attached hydrogens (tertiary/aromatic N) is 1. The van der Waals surface area contributed by atoms with E-state index in [9.17, 15) is 31.6 Å².